The second-order valence-electron chi connectivity index (χ2n) is 0.835. The van der Waals surface area contributed by atoms with Crippen molar-refractivity contribution in [3.8, 4) is 0 Å². The van der Waals surface area contributed by atoms with Crippen LogP contribution in [0.2, 0.25) is 0 Å². The lowest BCUT2D eigenvalue weighted by Gasteiger charge is -1.73. The topological polar surface area (TPSA) is 12.4 Å². The molecule has 0 atom stereocenters. The van der Waals surface area contributed by atoms with Gasteiger partial charge in [0.05, 0.1) is 4.22 Å². The lowest BCUT2D eigenvalue weighted by molar-refractivity contribution is 1.64. The molecule has 0 fully saturated rings. The molecule has 0 radical (unpaired) electrons. The maximum atomic E-state index is 3.82. The molecule has 0 aromatic rings. The number of halogens is 1. The van der Waals surface area contributed by atoms with E-state index in [0.717, 1.165) is 0 Å². The first-order chi connectivity index (χ1) is 3.91. The van der Waals surface area contributed by atoms with Crippen LogP contribution in [0, 0.1) is 0 Å². The van der Waals surface area contributed by atoms with E-state index in [-0.39, 0.29) is 0 Å². The van der Waals surface area contributed by atoms with E-state index in [2.05, 4.69) is 34.2 Å². The van der Waals surface area contributed by atoms with Crippen molar-refractivity contribution >= 4 is 38.6 Å². The van der Waals surface area contributed by atoms with Crippen molar-refractivity contribution in [1.29, 1.82) is 0 Å². The van der Waals surface area contributed by atoms with Crippen LogP contribution in [0.15, 0.2) is 28.6 Å². The smallest absolute Gasteiger partial charge is 0.0651 e. The summed E-state index contributed by atoms with van der Waals surface area (Å²) < 4.78 is 1.71. The summed E-state index contributed by atoms with van der Waals surface area (Å²) in [4.78, 5) is 3.82. The highest BCUT2D eigenvalue weighted by molar-refractivity contribution is 14.1. The van der Waals surface area contributed by atoms with E-state index in [1.54, 1.807) is 15.8 Å². The molecular weight excluding hydrogens is 233 g/mol. The number of hydrogen-bond donors (Lipinski definition) is 0. The molecule has 44 valence electrons. The first kappa shape index (κ1) is 8.23. The van der Waals surface area contributed by atoms with Gasteiger partial charge in [-0.3, -0.25) is 4.99 Å². The monoisotopic (exact) mass is 239 g/mol. The number of rotatable bonds is 3. The molecule has 8 heavy (non-hydrogen) atoms. The fourth-order valence-corrected chi connectivity index (χ4v) is 0.596. The van der Waals surface area contributed by atoms with Crippen LogP contribution >= 0.6 is 34.4 Å². The molecule has 0 aliphatic carbocycles. The van der Waals surface area contributed by atoms with Crippen LogP contribution in [0.1, 0.15) is 0 Å². The standard InChI is InChI=1S/C5H6INS/c1-2-8-4-3-7-5-6/h2-5H,1H2/b4-3-,7-5+. The SMILES string of the molecule is C=CS/C=C\N=C\I. The predicted octanol–water partition coefficient (Wildman–Crippen LogP) is 2.80. The van der Waals surface area contributed by atoms with Crippen LogP contribution < -0.4 is 0 Å². The highest BCUT2D eigenvalue weighted by Gasteiger charge is 1.62. The summed E-state index contributed by atoms with van der Waals surface area (Å²) in [6.45, 7) is 3.52. The molecule has 0 N–H and O–H groups in total. The molecule has 1 nitrogen and oxygen atoms in total. The van der Waals surface area contributed by atoms with E-state index in [1.807, 2.05) is 5.41 Å². The lowest BCUT2D eigenvalue weighted by Crippen LogP contribution is -1.45. The summed E-state index contributed by atoms with van der Waals surface area (Å²) in [5.74, 6) is 0. The van der Waals surface area contributed by atoms with Gasteiger partial charge in [0, 0.05) is 6.20 Å². The molecule has 0 unspecified atom stereocenters. The van der Waals surface area contributed by atoms with E-state index >= 15 is 0 Å². The number of aliphatic imine (C=N–C) groups is 1. The van der Waals surface area contributed by atoms with Crippen molar-refractivity contribution < 1.29 is 0 Å². The molecule has 0 aliphatic rings. The van der Waals surface area contributed by atoms with Crippen molar-refractivity contribution in [2.45, 2.75) is 0 Å². The fraction of sp³-hybridized carbons (Fsp3) is 0. The molecule has 0 spiro atoms. The number of thioether (sulfide) groups is 1. The summed E-state index contributed by atoms with van der Waals surface area (Å²) in [6, 6.07) is 0. The second kappa shape index (κ2) is 7.23. The quantitative estimate of drug-likeness (QED) is 0.544. The molecule has 0 rings (SSSR count). The van der Waals surface area contributed by atoms with Gasteiger partial charge in [-0.2, -0.15) is 0 Å². The third-order valence-electron chi connectivity index (χ3n) is 0.378. The van der Waals surface area contributed by atoms with Gasteiger partial charge in [0.1, 0.15) is 0 Å². The largest absolute Gasteiger partial charge is 0.258 e. The Morgan fingerprint density at radius 2 is 2.38 bits per heavy atom. The molecule has 0 aromatic heterocycles. The molecular formula is C5H6INS. The van der Waals surface area contributed by atoms with Crippen molar-refractivity contribution in [3.05, 3.63) is 23.6 Å². The Kier molecular flexibility index (Phi) is 7.44. The van der Waals surface area contributed by atoms with Gasteiger partial charge in [-0.25, -0.2) is 0 Å². The van der Waals surface area contributed by atoms with Crippen LogP contribution in [0.5, 0.6) is 0 Å². The normalized spacial score (nSPS) is 11.1. The van der Waals surface area contributed by atoms with Crippen molar-refractivity contribution in [1.82, 2.24) is 0 Å². The first-order valence-corrected chi connectivity index (χ1v) is 4.14. The van der Waals surface area contributed by atoms with E-state index < -0.39 is 0 Å². The first-order valence-electron chi connectivity index (χ1n) is 1.95. The molecule has 0 bridgehead atoms. The summed E-state index contributed by atoms with van der Waals surface area (Å²) in [5, 5.41) is 3.61. The van der Waals surface area contributed by atoms with E-state index in [4.69, 9.17) is 0 Å². The maximum Gasteiger partial charge on any atom is 0.0651 e. The second-order valence-corrected chi connectivity index (χ2v) is 2.27. The molecule has 0 amide bonds. The summed E-state index contributed by atoms with van der Waals surface area (Å²) in [7, 11) is 0. The van der Waals surface area contributed by atoms with Gasteiger partial charge in [-0.15, -0.1) is 11.8 Å². The van der Waals surface area contributed by atoms with Gasteiger partial charge in [0.2, 0.25) is 0 Å². The zero-order valence-electron chi connectivity index (χ0n) is 4.25. The minimum atomic E-state index is 1.51. The minimum Gasteiger partial charge on any atom is -0.258 e. The Morgan fingerprint density at radius 1 is 1.62 bits per heavy atom. The molecule has 0 saturated carbocycles. The summed E-state index contributed by atoms with van der Waals surface area (Å²) >= 11 is 3.58. The number of nitrogens with zero attached hydrogens (tertiary/aromatic N) is 1. The molecule has 0 aliphatic heterocycles. The van der Waals surface area contributed by atoms with Crippen molar-refractivity contribution in [2.24, 2.45) is 4.99 Å². The summed E-state index contributed by atoms with van der Waals surface area (Å²) in [5.41, 5.74) is 0. The molecule has 0 saturated heterocycles. The van der Waals surface area contributed by atoms with Crippen LogP contribution in [0.3, 0.4) is 0 Å². The Labute approximate surface area is 67.1 Å². The van der Waals surface area contributed by atoms with Crippen molar-refractivity contribution in [2.75, 3.05) is 0 Å². The Hall–Kier alpha value is 0.230. The zero-order chi connectivity index (χ0) is 6.24. The molecule has 0 heterocycles. The third kappa shape index (κ3) is 6.23. The molecule has 3 heteroatoms. The lowest BCUT2D eigenvalue weighted by atomic mass is 11.0. The number of hydrogen-bond acceptors (Lipinski definition) is 2. The Morgan fingerprint density at radius 3 is 2.88 bits per heavy atom. The molecule has 0 aromatic carbocycles. The predicted molar refractivity (Wildman–Crippen MR) is 49.4 cm³/mol. The Balaban J connectivity index is 3.19. The average Bonchev–Trinajstić information content (AvgIpc) is 1.81. The van der Waals surface area contributed by atoms with E-state index in [0.29, 0.717) is 0 Å². The van der Waals surface area contributed by atoms with Gasteiger partial charge >= 0.3 is 0 Å². The average molecular weight is 239 g/mol. The maximum absolute atomic E-state index is 3.82. The third-order valence-corrected chi connectivity index (χ3v) is 1.17. The van der Waals surface area contributed by atoms with Crippen LogP contribution in [0.4, 0.5) is 0 Å². The minimum absolute atomic E-state index is 1.51. The Bertz CT molecular complexity index is 109. The van der Waals surface area contributed by atoms with Gasteiger partial charge < -0.3 is 0 Å². The summed E-state index contributed by atoms with van der Waals surface area (Å²) in [6.07, 6.45) is 1.72. The van der Waals surface area contributed by atoms with Gasteiger partial charge in [-0.1, -0.05) is 6.58 Å². The van der Waals surface area contributed by atoms with E-state index in [9.17, 15) is 0 Å². The van der Waals surface area contributed by atoms with Gasteiger partial charge in [0.15, 0.2) is 0 Å². The van der Waals surface area contributed by atoms with Crippen molar-refractivity contribution in [3.63, 3.8) is 0 Å². The van der Waals surface area contributed by atoms with Crippen LogP contribution in [-0.4, -0.2) is 4.22 Å². The van der Waals surface area contributed by atoms with E-state index in [1.165, 1.54) is 11.8 Å². The van der Waals surface area contributed by atoms with Gasteiger partial charge in [-0.05, 0) is 33.4 Å². The fourth-order valence-electron chi connectivity index (χ4n) is 0.158. The van der Waals surface area contributed by atoms with Crippen LogP contribution in [-0.2, 0) is 0 Å². The van der Waals surface area contributed by atoms with Gasteiger partial charge in [0.25, 0.3) is 0 Å². The highest BCUT2D eigenvalue weighted by Crippen LogP contribution is 2.00. The highest BCUT2D eigenvalue weighted by atomic mass is 127. The van der Waals surface area contributed by atoms with Crippen LogP contribution in [0.25, 0.3) is 0 Å². The zero-order valence-corrected chi connectivity index (χ0v) is 7.22.